The number of aliphatic hydroxyl groups excluding tert-OH is 1. The maximum atomic E-state index is 13.6. The van der Waals surface area contributed by atoms with Crippen LogP contribution < -0.4 is 11.2 Å². The van der Waals surface area contributed by atoms with E-state index in [4.69, 9.17) is 10.4 Å². The Kier molecular flexibility index (Phi) is 7.13. The monoisotopic (exact) mass is 509 g/mol. The SMILES string of the molecule is Cc1c(-c2ccnn2-c2ccc(C#N)cc2)c(=O)n(CCCCO)c(=O)n1-c1cccc(C(F)(F)F)c1. The Morgan fingerprint density at radius 2 is 1.76 bits per heavy atom. The number of benzene rings is 2. The molecule has 0 atom stereocenters. The molecule has 8 nitrogen and oxygen atoms in total. The summed E-state index contributed by atoms with van der Waals surface area (Å²) >= 11 is 0. The first-order chi connectivity index (χ1) is 17.7. The number of aliphatic hydroxyl groups is 1. The van der Waals surface area contributed by atoms with Gasteiger partial charge in [-0.1, -0.05) is 6.07 Å². The van der Waals surface area contributed by atoms with Crippen LogP contribution in [-0.2, 0) is 12.7 Å². The number of halogens is 3. The minimum absolute atomic E-state index is 0.0323. The van der Waals surface area contributed by atoms with E-state index < -0.39 is 23.0 Å². The third-order valence-electron chi connectivity index (χ3n) is 5.94. The van der Waals surface area contributed by atoms with Crippen LogP contribution in [0.1, 0.15) is 29.7 Å². The highest BCUT2D eigenvalue weighted by Crippen LogP contribution is 2.31. The zero-order chi connectivity index (χ0) is 26.7. The second-order valence-electron chi connectivity index (χ2n) is 8.30. The molecule has 0 aliphatic heterocycles. The topological polar surface area (TPSA) is 106 Å². The Hall–Kier alpha value is -4.43. The van der Waals surface area contributed by atoms with Crippen LogP contribution in [0.5, 0.6) is 0 Å². The van der Waals surface area contributed by atoms with Crippen LogP contribution in [0.15, 0.2) is 70.4 Å². The van der Waals surface area contributed by atoms with Gasteiger partial charge in [0.15, 0.2) is 0 Å². The van der Waals surface area contributed by atoms with Crippen molar-refractivity contribution in [3.05, 3.63) is 98.5 Å². The van der Waals surface area contributed by atoms with Gasteiger partial charge in [0.2, 0.25) is 0 Å². The van der Waals surface area contributed by atoms with E-state index in [1.165, 1.54) is 29.9 Å². The number of alkyl halides is 3. The molecule has 0 saturated carbocycles. The van der Waals surface area contributed by atoms with E-state index in [-0.39, 0.29) is 30.1 Å². The van der Waals surface area contributed by atoms with Crippen LogP contribution in [0.4, 0.5) is 13.2 Å². The van der Waals surface area contributed by atoms with Gasteiger partial charge in [0.05, 0.1) is 46.0 Å². The van der Waals surface area contributed by atoms with E-state index in [1.54, 1.807) is 30.3 Å². The molecule has 0 aliphatic carbocycles. The van der Waals surface area contributed by atoms with Crippen LogP contribution in [-0.4, -0.2) is 30.6 Å². The van der Waals surface area contributed by atoms with Gasteiger partial charge in [-0.15, -0.1) is 0 Å². The summed E-state index contributed by atoms with van der Waals surface area (Å²) in [5, 5.41) is 22.5. The van der Waals surface area contributed by atoms with Crippen molar-refractivity contribution in [2.45, 2.75) is 32.5 Å². The molecule has 0 unspecified atom stereocenters. The summed E-state index contributed by atoms with van der Waals surface area (Å²) in [5.74, 6) is 0. The van der Waals surface area contributed by atoms with Crippen molar-refractivity contribution in [2.75, 3.05) is 6.61 Å². The third kappa shape index (κ3) is 4.96. The fourth-order valence-electron chi connectivity index (χ4n) is 4.13. The summed E-state index contributed by atoms with van der Waals surface area (Å²) in [4.78, 5) is 27.1. The molecule has 2 heterocycles. The second-order valence-corrected chi connectivity index (χ2v) is 8.30. The molecule has 4 aromatic rings. The number of unbranched alkanes of at least 4 members (excludes halogenated alkanes) is 1. The Morgan fingerprint density at radius 1 is 1.03 bits per heavy atom. The number of hydrogen-bond acceptors (Lipinski definition) is 5. The Bertz CT molecular complexity index is 1590. The van der Waals surface area contributed by atoms with Gasteiger partial charge in [0.1, 0.15) is 0 Å². The molecular formula is C26H22F3N5O3. The van der Waals surface area contributed by atoms with Crippen molar-refractivity contribution in [1.29, 1.82) is 5.26 Å². The fraction of sp³-hybridized carbons (Fsp3) is 0.231. The third-order valence-corrected chi connectivity index (χ3v) is 5.94. The minimum atomic E-state index is -4.62. The van der Waals surface area contributed by atoms with Crippen LogP contribution >= 0.6 is 0 Å². The van der Waals surface area contributed by atoms with Gasteiger partial charge in [0, 0.05) is 18.8 Å². The average molecular weight is 509 g/mol. The maximum Gasteiger partial charge on any atom is 0.416 e. The van der Waals surface area contributed by atoms with E-state index in [0.29, 0.717) is 29.8 Å². The highest BCUT2D eigenvalue weighted by Gasteiger charge is 2.31. The van der Waals surface area contributed by atoms with Crippen LogP contribution in [0, 0.1) is 18.3 Å². The lowest BCUT2D eigenvalue weighted by molar-refractivity contribution is -0.137. The highest BCUT2D eigenvalue weighted by atomic mass is 19.4. The molecule has 1 N–H and O–H groups in total. The van der Waals surface area contributed by atoms with Crippen molar-refractivity contribution in [3.8, 4) is 28.7 Å². The first-order valence-corrected chi connectivity index (χ1v) is 11.4. The minimum Gasteiger partial charge on any atom is -0.396 e. The van der Waals surface area contributed by atoms with Gasteiger partial charge < -0.3 is 5.11 Å². The average Bonchev–Trinajstić information content (AvgIpc) is 3.35. The van der Waals surface area contributed by atoms with Crippen molar-refractivity contribution in [1.82, 2.24) is 18.9 Å². The smallest absolute Gasteiger partial charge is 0.396 e. The molecule has 0 saturated heterocycles. The van der Waals surface area contributed by atoms with Gasteiger partial charge in [-0.25, -0.2) is 9.48 Å². The molecule has 4 rings (SSSR count). The van der Waals surface area contributed by atoms with Gasteiger partial charge in [-0.3, -0.25) is 13.9 Å². The summed E-state index contributed by atoms with van der Waals surface area (Å²) in [6.07, 6.45) is -2.52. The van der Waals surface area contributed by atoms with Gasteiger partial charge >= 0.3 is 11.9 Å². The quantitative estimate of drug-likeness (QED) is 0.381. The summed E-state index contributed by atoms with van der Waals surface area (Å²) in [6, 6.07) is 14.4. The zero-order valence-electron chi connectivity index (χ0n) is 19.7. The molecule has 190 valence electrons. The van der Waals surface area contributed by atoms with Gasteiger partial charge in [-0.05, 0) is 68.3 Å². The maximum absolute atomic E-state index is 13.6. The number of aromatic nitrogens is 4. The molecule has 0 bridgehead atoms. The van der Waals surface area contributed by atoms with E-state index in [2.05, 4.69) is 5.10 Å². The van der Waals surface area contributed by atoms with Gasteiger partial charge in [0.25, 0.3) is 5.56 Å². The molecule has 2 aromatic heterocycles. The molecule has 37 heavy (non-hydrogen) atoms. The lowest BCUT2D eigenvalue weighted by Crippen LogP contribution is -2.41. The summed E-state index contributed by atoms with van der Waals surface area (Å²) in [5.41, 5.74) is -0.862. The first-order valence-electron chi connectivity index (χ1n) is 11.4. The molecule has 11 heteroatoms. The molecular weight excluding hydrogens is 487 g/mol. The predicted octanol–water partition coefficient (Wildman–Crippen LogP) is 3.82. The van der Waals surface area contributed by atoms with Gasteiger partial charge in [-0.2, -0.15) is 23.5 Å². The van der Waals surface area contributed by atoms with Crippen molar-refractivity contribution >= 4 is 0 Å². The molecule has 0 fully saturated rings. The van der Waals surface area contributed by atoms with Crippen LogP contribution in [0.2, 0.25) is 0 Å². The highest BCUT2D eigenvalue weighted by molar-refractivity contribution is 5.64. The Morgan fingerprint density at radius 3 is 2.41 bits per heavy atom. The van der Waals surface area contributed by atoms with E-state index in [9.17, 15) is 22.8 Å². The molecule has 0 aliphatic rings. The van der Waals surface area contributed by atoms with E-state index in [0.717, 1.165) is 21.3 Å². The Balaban J connectivity index is 1.99. The lowest BCUT2D eigenvalue weighted by atomic mass is 10.1. The van der Waals surface area contributed by atoms with Crippen molar-refractivity contribution < 1.29 is 18.3 Å². The molecule has 0 amide bonds. The molecule has 2 aromatic carbocycles. The van der Waals surface area contributed by atoms with E-state index in [1.807, 2.05) is 6.07 Å². The fourth-order valence-corrected chi connectivity index (χ4v) is 4.13. The normalized spacial score (nSPS) is 11.5. The standard InChI is InChI=1S/C26H22F3N5O3/c1-17-23(22-11-12-31-34(22)20-9-7-18(16-30)8-10-20)24(36)32(13-2-3-14-35)25(37)33(17)21-6-4-5-19(15-21)26(27,28)29/h4-12,15,35H,2-3,13-14H2,1H3. The zero-order valence-corrected chi connectivity index (χ0v) is 19.7. The second kappa shape index (κ2) is 10.3. The number of rotatable bonds is 7. The van der Waals surface area contributed by atoms with E-state index >= 15 is 0 Å². The van der Waals surface area contributed by atoms with Crippen LogP contribution in [0.25, 0.3) is 22.6 Å². The Labute approximate surface area is 209 Å². The summed E-state index contributed by atoms with van der Waals surface area (Å²) in [7, 11) is 0. The number of nitriles is 1. The van der Waals surface area contributed by atoms with Crippen LogP contribution in [0.3, 0.4) is 0 Å². The summed E-state index contributed by atoms with van der Waals surface area (Å²) in [6.45, 7) is 1.32. The molecule has 0 spiro atoms. The number of nitrogens with zero attached hydrogens (tertiary/aromatic N) is 5. The summed E-state index contributed by atoms with van der Waals surface area (Å²) < 4.78 is 43.8. The first kappa shape index (κ1) is 25.7. The van der Waals surface area contributed by atoms with Crippen molar-refractivity contribution in [2.24, 2.45) is 0 Å². The predicted molar refractivity (Wildman–Crippen MR) is 130 cm³/mol. The largest absolute Gasteiger partial charge is 0.416 e. The number of hydrogen-bond donors (Lipinski definition) is 1. The van der Waals surface area contributed by atoms with Crippen molar-refractivity contribution in [3.63, 3.8) is 0 Å². The molecule has 0 radical (unpaired) electrons. The lowest BCUT2D eigenvalue weighted by Gasteiger charge is -2.19.